The van der Waals surface area contributed by atoms with E-state index in [2.05, 4.69) is 15.7 Å². The summed E-state index contributed by atoms with van der Waals surface area (Å²) in [6, 6.07) is 18.8. The Hall–Kier alpha value is -4.66. The molecule has 3 rings (SSSR count). The lowest BCUT2D eigenvalue weighted by Crippen LogP contribution is -2.33. The van der Waals surface area contributed by atoms with Gasteiger partial charge in [0.05, 0.1) is 17.5 Å². The molecule has 0 aromatic heterocycles. The fourth-order valence-corrected chi connectivity index (χ4v) is 2.54. The van der Waals surface area contributed by atoms with Gasteiger partial charge < -0.3 is 20.8 Å². The first-order valence-corrected chi connectivity index (χ1v) is 9.06. The van der Waals surface area contributed by atoms with Gasteiger partial charge in [0.25, 0.3) is 5.91 Å². The summed E-state index contributed by atoms with van der Waals surface area (Å²) in [7, 11) is 0. The Kier molecular flexibility index (Phi) is 6.59. The Morgan fingerprint density at radius 2 is 1.52 bits per heavy atom. The predicted molar refractivity (Wildman–Crippen MR) is 115 cm³/mol. The maximum Gasteiger partial charge on any atom is 0.329 e. The first kappa shape index (κ1) is 21.1. The number of phenolic OH excluding ortho intramolecular Hbond substituents is 2. The number of phenols is 2. The standard InChI is InChI=1S/C22H18N4O5/c27-16-11-10-14(19(28)12-16)13-23-26-22(31)21(30)25-18-9-5-4-8-17(18)20(29)24-15-6-2-1-3-7-15/h1-13,27-28H,(H,24,29)(H,25,30)(H,26,31)/b23-13+. The van der Waals surface area contributed by atoms with Crippen molar-refractivity contribution in [2.24, 2.45) is 5.10 Å². The second kappa shape index (κ2) is 9.70. The van der Waals surface area contributed by atoms with Crippen molar-refractivity contribution < 1.29 is 24.6 Å². The highest BCUT2D eigenvalue weighted by Crippen LogP contribution is 2.21. The molecule has 0 unspecified atom stereocenters. The topological polar surface area (TPSA) is 140 Å². The van der Waals surface area contributed by atoms with E-state index in [1.807, 2.05) is 11.5 Å². The van der Waals surface area contributed by atoms with Crippen LogP contribution in [0.15, 0.2) is 77.9 Å². The molecule has 0 aliphatic carbocycles. The van der Waals surface area contributed by atoms with Crippen LogP contribution in [-0.2, 0) is 9.59 Å². The van der Waals surface area contributed by atoms with Gasteiger partial charge in [-0.3, -0.25) is 14.4 Å². The van der Waals surface area contributed by atoms with Gasteiger partial charge in [0.1, 0.15) is 11.5 Å². The van der Waals surface area contributed by atoms with Crippen molar-refractivity contribution in [3.63, 3.8) is 0 Å². The van der Waals surface area contributed by atoms with Crippen molar-refractivity contribution in [2.75, 3.05) is 10.6 Å². The first-order chi connectivity index (χ1) is 14.9. The predicted octanol–water partition coefficient (Wildman–Crippen LogP) is 2.44. The Morgan fingerprint density at radius 3 is 2.26 bits per heavy atom. The van der Waals surface area contributed by atoms with Crippen LogP contribution in [0.1, 0.15) is 15.9 Å². The second-order valence-electron chi connectivity index (χ2n) is 6.26. The van der Waals surface area contributed by atoms with Gasteiger partial charge in [-0.1, -0.05) is 30.3 Å². The molecule has 0 spiro atoms. The van der Waals surface area contributed by atoms with E-state index >= 15 is 0 Å². The third kappa shape index (κ3) is 5.67. The van der Waals surface area contributed by atoms with E-state index in [4.69, 9.17) is 0 Å². The molecule has 3 amide bonds. The van der Waals surface area contributed by atoms with E-state index in [1.165, 1.54) is 24.3 Å². The molecule has 156 valence electrons. The molecule has 0 radical (unpaired) electrons. The molecule has 0 fully saturated rings. The Labute approximate surface area is 177 Å². The average Bonchev–Trinajstić information content (AvgIpc) is 2.76. The van der Waals surface area contributed by atoms with Crippen molar-refractivity contribution >= 4 is 35.3 Å². The maximum atomic E-state index is 12.5. The number of benzene rings is 3. The third-order valence-corrected chi connectivity index (χ3v) is 4.04. The van der Waals surface area contributed by atoms with Crippen LogP contribution >= 0.6 is 0 Å². The maximum absolute atomic E-state index is 12.5. The van der Waals surface area contributed by atoms with Gasteiger partial charge in [-0.05, 0) is 36.4 Å². The van der Waals surface area contributed by atoms with Crippen LogP contribution in [-0.4, -0.2) is 34.1 Å². The van der Waals surface area contributed by atoms with Crippen LogP contribution < -0.4 is 16.1 Å². The molecule has 0 aliphatic heterocycles. The molecule has 3 aromatic rings. The van der Waals surface area contributed by atoms with Crippen LogP contribution in [0.2, 0.25) is 0 Å². The van der Waals surface area contributed by atoms with Gasteiger partial charge >= 0.3 is 11.8 Å². The molecule has 0 atom stereocenters. The normalized spacial score (nSPS) is 10.5. The highest BCUT2D eigenvalue weighted by molar-refractivity contribution is 6.40. The first-order valence-electron chi connectivity index (χ1n) is 9.06. The molecule has 9 nitrogen and oxygen atoms in total. The Morgan fingerprint density at radius 1 is 0.806 bits per heavy atom. The zero-order valence-corrected chi connectivity index (χ0v) is 16.1. The number of hydrogen-bond donors (Lipinski definition) is 5. The average molecular weight is 418 g/mol. The number of nitrogens with zero attached hydrogens (tertiary/aromatic N) is 1. The number of anilines is 2. The van der Waals surface area contributed by atoms with Crippen molar-refractivity contribution in [2.45, 2.75) is 0 Å². The minimum absolute atomic E-state index is 0.131. The van der Waals surface area contributed by atoms with Crippen LogP contribution in [0.5, 0.6) is 11.5 Å². The van der Waals surface area contributed by atoms with E-state index in [0.29, 0.717) is 5.69 Å². The second-order valence-corrected chi connectivity index (χ2v) is 6.26. The fraction of sp³-hybridized carbons (Fsp3) is 0. The molecular formula is C22H18N4O5. The molecule has 5 N–H and O–H groups in total. The molecule has 31 heavy (non-hydrogen) atoms. The van der Waals surface area contributed by atoms with Crippen molar-refractivity contribution in [1.82, 2.24) is 5.43 Å². The molecule has 9 heteroatoms. The minimum atomic E-state index is -1.08. The van der Waals surface area contributed by atoms with Crippen molar-refractivity contribution in [3.8, 4) is 11.5 Å². The zero-order valence-electron chi connectivity index (χ0n) is 16.1. The molecule has 0 saturated carbocycles. The minimum Gasteiger partial charge on any atom is -0.508 e. The third-order valence-electron chi connectivity index (χ3n) is 4.04. The van der Waals surface area contributed by atoms with Crippen LogP contribution in [0, 0.1) is 0 Å². The largest absolute Gasteiger partial charge is 0.508 e. The number of carbonyl (C=O) groups is 3. The summed E-state index contributed by atoms with van der Waals surface area (Å²) in [6.45, 7) is 0. The quantitative estimate of drug-likeness (QED) is 0.246. The molecule has 0 bridgehead atoms. The van der Waals surface area contributed by atoms with E-state index in [0.717, 1.165) is 12.3 Å². The van der Waals surface area contributed by atoms with Gasteiger partial charge in [0, 0.05) is 17.3 Å². The fourth-order valence-electron chi connectivity index (χ4n) is 2.54. The lowest BCUT2D eigenvalue weighted by Gasteiger charge is -2.11. The highest BCUT2D eigenvalue weighted by Gasteiger charge is 2.17. The summed E-state index contributed by atoms with van der Waals surface area (Å²) in [4.78, 5) is 36.7. The molecule has 0 saturated heterocycles. The van der Waals surface area contributed by atoms with Crippen molar-refractivity contribution in [3.05, 3.63) is 83.9 Å². The van der Waals surface area contributed by atoms with E-state index in [9.17, 15) is 24.6 Å². The van der Waals surface area contributed by atoms with E-state index in [1.54, 1.807) is 36.4 Å². The number of hydrazone groups is 1. The number of carbonyl (C=O) groups excluding carboxylic acids is 3. The monoisotopic (exact) mass is 418 g/mol. The van der Waals surface area contributed by atoms with Gasteiger partial charge in [0.15, 0.2) is 0 Å². The number of nitrogens with one attached hydrogen (secondary N) is 3. The Bertz CT molecular complexity index is 1150. The number of rotatable bonds is 5. The SMILES string of the molecule is O=C(N/N=C/c1ccc(O)cc1O)C(=O)Nc1ccccc1C(=O)Nc1ccccc1. The molecule has 0 heterocycles. The summed E-state index contributed by atoms with van der Waals surface area (Å²) in [5.41, 5.74) is 3.15. The van der Waals surface area contributed by atoms with Crippen molar-refractivity contribution in [1.29, 1.82) is 0 Å². The number of para-hydroxylation sites is 2. The summed E-state index contributed by atoms with van der Waals surface area (Å²) in [6.07, 6.45) is 1.11. The summed E-state index contributed by atoms with van der Waals surface area (Å²) in [5, 5.41) is 27.6. The van der Waals surface area contributed by atoms with Crippen LogP contribution in [0.3, 0.4) is 0 Å². The molecule has 3 aromatic carbocycles. The number of hydrogen-bond acceptors (Lipinski definition) is 6. The van der Waals surface area contributed by atoms with Gasteiger partial charge in [-0.15, -0.1) is 0 Å². The highest BCUT2D eigenvalue weighted by atomic mass is 16.3. The van der Waals surface area contributed by atoms with Gasteiger partial charge in [-0.2, -0.15) is 5.10 Å². The number of aromatic hydroxyl groups is 2. The summed E-state index contributed by atoms with van der Waals surface area (Å²) in [5.74, 6) is -2.95. The lowest BCUT2D eigenvalue weighted by atomic mass is 10.1. The Balaban J connectivity index is 1.64. The summed E-state index contributed by atoms with van der Waals surface area (Å²) < 4.78 is 0. The van der Waals surface area contributed by atoms with Crippen LogP contribution in [0.25, 0.3) is 0 Å². The van der Waals surface area contributed by atoms with Gasteiger partial charge in [0.2, 0.25) is 0 Å². The van der Waals surface area contributed by atoms with Gasteiger partial charge in [-0.25, -0.2) is 5.43 Å². The van der Waals surface area contributed by atoms with E-state index < -0.39 is 17.7 Å². The molecule has 0 aliphatic rings. The zero-order chi connectivity index (χ0) is 22.2. The summed E-state index contributed by atoms with van der Waals surface area (Å²) >= 11 is 0. The van der Waals surface area contributed by atoms with Crippen LogP contribution in [0.4, 0.5) is 11.4 Å². The number of amides is 3. The lowest BCUT2D eigenvalue weighted by molar-refractivity contribution is -0.136. The van der Waals surface area contributed by atoms with E-state index in [-0.39, 0.29) is 28.3 Å². The smallest absolute Gasteiger partial charge is 0.329 e. The molecular weight excluding hydrogens is 400 g/mol.